The van der Waals surface area contributed by atoms with Crippen LogP contribution in [0.25, 0.3) is 11.1 Å². The molecule has 2 nitrogen and oxygen atoms in total. The molecular weight excluding hydrogens is 133 g/mol. The first-order chi connectivity index (χ1) is 4.86. The molecule has 0 spiro atoms. The second-order valence-electron chi connectivity index (χ2n) is 2.32. The quantitative estimate of drug-likeness (QED) is 0.521. The number of rotatable bonds is 0. The van der Waals surface area contributed by atoms with Gasteiger partial charge in [0.05, 0.1) is 0 Å². The maximum absolute atomic E-state index is 5.06. The van der Waals surface area contributed by atoms with E-state index in [9.17, 15) is 0 Å². The molecule has 2 rings (SSSR count). The Morgan fingerprint density at radius 3 is 3.00 bits per heavy atom. The van der Waals surface area contributed by atoms with Gasteiger partial charge in [0.1, 0.15) is 5.52 Å². The summed E-state index contributed by atoms with van der Waals surface area (Å²) in [7, 11) is 0. The molecule has 11 heavy (non-hydrogen) atoms. The molecule has 0 bridgehead atoms. The van der Waals surface area contributed by atoms with Crippen molar-refractivity contribution in [2.24, 2.45) is 0 Å². The first-order valence-corrected chi connectivity index (χ1v) is 3.16. The van der Waals surface area contributed by atoms with E-state index in [0.29, 0.717) is 0 Å². The average molecular weight is 140 g/mol. The van der Waals surface area contributed by atoms with E-state index < -0.39 is 0 Å². The van der Waals surface area contributed by atoms with Crippen molar-refractivity contribution in [1.82, 2.24) is 4.98 Å². The van der Waals surface area contributed by atoms with E-state index in [4.69, 9.17) is 4.42 Å². The molecule has 51 valence electrons. The Labute approximate surface area is 76.8 Å². The van der Waals surface area contributed by atoms with Gasteiger partial charge in [0, 0.05) is 18.9 Å². The van der Waals surface area contributed by atoms with Gasteiger partial charge >= 0.3 is 0 Å². The van der Waals surface area contributed by atoms with E-state index in [1.54, 1.807) is 0 Å². The van der Waals surface area contributed by atoms with Gasteiger partial charge in [-0.05, 0) is 24.6 Å². The van der Waals surface area contributed by atoms with E-state index in [0.717, 1.165) is 11.1 Å². The Morgan fingerprint density at radius 1 is 1.36 bits per heavy atom. The van der Waals surface area contributed by atoms with Gasteiger partial charge in [-0.3, -0.25) is 0 Å². The Kier molecular flexibility index (Phi) is 2.38. The second kappa shape index (κ2) is 3.12. The molecular formula is C8H7LiNO. The molecule has 0 N–H and O–H groups in total. The summed E-state index contributed by atoms with van der Waals surface area (Å²) in [4.78, 5) is 4.01. The van der Waals surface area contributed by atoms with E-state index in [1.807, 2.05) is 25.1 Å². The summed E-state index contributed by atoms with van der Waals surface area (Å²) in [5.74, 6) is 0. The minimum atomic E-state index is 0. The topological polar surface area (TPSA) is 26.0 Å². The summed E-state index contributed by atoms with van der Waals surface area (Å²) >= 11 is 0. The Hall–Kier alpha value is -0.713. The van der Waals surface area contributed by atoms with Crippen LogP contribution >= 0.6 is 0 Å². The van der Waals surface area contributed by atoms with Crippen molar-refractivity contribution in [2.75, 3.05) is 0 Å². The monoisotopic (exact) mass is 140 g/mol. The van der Waals surface area contributed by atoms with Crippen LogP contribution in [0.4, 0.5) is 0 Å². The number of aromatic nitrogens is 1. The van der Waals surface area contributed by atoms with Crippen molar-refractivity contribution in [3.63, 3.8) is 0 Å². The number of benzene rings is 1. The van der Waals surface area contributed by atoms with Gasteiger partial charge in [0.2, 0.25) is 0 Å². The number of nitrogens with zero attached hydrogens (tertiary/aromatic N) is 1. The molecule has 1 aromatic carbocycles. The molecule has 0 unspecified atom stereocenters. The molecule has 0 saturated heterocycles. The fourth-order valence-corrected chi connectivity index (χ4v) is 0.968. The summed E-state index contributed by atoms with van der Waals surface area (Å²) in [6.45, 7) is 2.04. The van der Waals surface area contributed by atoms with Crippen LogP contribution in [-0.2, 0) is 0 Å². The first kappa shape index (κ1) is 8.38. The van der Waals surface area contributed by atoms with Gasteiger partial charge in [0.25, 0.3) is 0 Å². The van der Waals surface area contributed by atoms with Crippen molar-refractivity contribution >= 4 is 30.0 Å². The van der Waals surface area contributed by atoms with Crippen LogP contribution in [0.5, 0.6) is 0 Å². The van der Waals surface area contributed by atoms with E-state index in [-0.39, 0.29) is 18.9 Å². The Morgan fingerprint density at radius 2 is 2.18 bits per heavy atom. The SMILES string of the molecule is Cc1ccc2ocnc2c1.[Li]. The zero-order valence-electron chi connectivity index (χ0n) is 6.66. The number of fused-ring (bicyclic) bond motifs is 1. The number of aryl methyl sites for hydroxylation is 1. The van der Waals surface area contributed by atoms with Crippen molar-refractivity contribution in [3.8, 4) is 0 Å². The van der Waals surface area contributed by atoms with Crippen molar-refractivity contribution in [1.29, 1.82) is 0 Å². The largest absolute Gasteiger partial charge is 0.443 e. The Bertz CT molecular complexity index is 356. The zero-order valence-corrected chi connectivity index (χ0v) is 6.66. The number of oxazole rings is 1. The van der Waals surface area contributed by atoms with Gasteiger partial charge < -0.3 is 4.42 Å². The van der Waals surface area contributed by atoms with Crippen LogP contribution in [0.3, 0.4) is 0 Å². The van der Waals surface area contributed by atoms with Crippen molar-refractivity contribution in [3.05, 3.63) is 30.2 Å². The Balaban J connectivity index is 0.000000605. The molecule has 0 aliphatic heterocycles. The molecule has 0 amide bonds. The van der Waals surface area contributed by atoms with Crippen LogP contribution < -0.4 is 0 Å². The molecule has 2 aromatic rings. The van der Waals surface area contributed by atoms with Gasteiger partial charge in [-0.25, -0.2) is 4.98 Å². The smallest absolute Gasteiger partial charge is 0.181 e. The van der Waals surface area contributed by atoms with Gasteiger partial charge in [-0.2, -0.15) is 0 Å². The van der Waals surface area contributed by atoms with Crippen LogP contribution in [-0.4, -0.2) is 23.8 Å². The molecule has 0 aliphatic carbocycles. The minimum absolute atomic E-state index is 0. The average Bonchev–Trinajstić information content (AvgIpc) is 2.33. The predicted molar refractivity (Wildman–Crippen MR) is 44.5 cm³/mol. The number of hydrogen-bond donors (Lipinski definition) is 0. The molecule has 0 fully saturated rings. The fourth-order valence-electron chi connectivity index (χ4n) is 0.968. The predicted octanol–water partition coefficient (Wildman–Crippen LogP) is 1.76. The zero-order chi connectivity index (χ0) is 6.97. The standard InChI is InChI=1S/C8H7NO.Li/c1-6-2-3-8-7(4-6)9-5-10-8;/h2-5H,1H3;. The van der Waals surface area contributed by atoms with Crippen LogP contribution in [0, 0.1) is 6.92 Å². The summed E-state index contributed by atoms with van der Waals surface area (Å²) < 4.78 is 5.06. The third kappa shape index (κ3) is 1.47. The molecule has 1 radical (unpaired) electrons. The third-order valence-electron chi connectivity index (χ3n) is 1.49. The van der Waals surface area contributed by atoms with Crippen LogP contribution in [0.15, 0.2) is 29.0 Å². The van der Waals surface area contributed by atoms with E-state index in [1.165, 1.54) is 12.0 Å². The van der Waals surface area contributed by atoms with Crippen LogP contribution in [0.2, 0.25) is 0 Å². The third-order valence-corrected chi connectivity index (χ3v) is 1.49. The second-order valence-corrected chi connectivity index (χ2v) is 2.32. The normalized spacial score (nSPS) is 9.55. The van der Waals surface area contributed by atoms with Crippen molar-refractivity contribution in [2.45, 2.75) is 6.92 Å². The summed E-state index contributed by atoms with van der Waals surface area (Å²) in [5.41, 5.74) is 2.99. The first-order valence-electron chi connectivity index (χ1n) is 3.16. The van der Waals surface area contributed by atoms with Crippen LogP contribution in [0.1, 0.15) is 5.56 Å². The summed E-state index contributed by atoms with van der Waals surface area (Å²) in [5, 5.41) is 0. The van der Waals surface area contributed by atoms with E-state index >= 15 is 0 Å². The molecule has 0 atom stereocenters. The summed E-state index contributed by atoms with van der Waals surface area (Å²) in [6.07, 6.45) is 1.46. The van der Waals surface area contributed by atoms with Gasteiger partial charge in [-0.1, -0.05) is 6.07 Å². The molecule has 3 heteroatoms. The molecule has 1 heterocycles. The molecule has 0 saturated carbocycles. The van der Waals surface area contributed by atoms with Crippen molar-refractivity contribution < 1.29 is 4.42 Å². The minimum Gasteiger partial charge on any atom is -0.443 e. The molecule has 1 aromatic heterocycles. The van der Waals surface area contributed by atoms with E-state index in [2.05, 4.69) is 4.98 Å². The maximum Gasteiger partial charge on any atom is 0.181 e. The van der Waals surface area contributed by atoms with Gasteiger partial charge in [-0.15, -0.1) is 0 Å². The maximum atomic E-state index is 5.06. The molecule has 0 aliphatic rings. The fraction of sp³-hybridized carbons (Fsp3) is 0.125. The van der Waals surface area contributed by atoms with Gasteiger partial charge in [0.15, 0.2) is 12.0 Å². The number of hydrogen-bond acceptors (Lipinski definition) is 2. The summed E-state index contributed by atoms with van der Waals surface area (Å²) in [6, 6.07) is 5.93.